The number of piperidine rings is 2. The fraction of sp³-hybridized carbons (Fsp3) is 0.591. The third kappa shape index (κ3) is 5.92. The Bertz CT molecular complexity index is 909. The van der Waals surface area contributed by atoms with Gasteiger partial charge in [0.05, 0.1) is 0 Å². The average molecular weight is 481 g/mol. The molecule has 3 heterocycles. The highest BCUT2D eigenvalue weighted by atomic mass is 19.1. The molecular formula is C22H30F2N6O4. The van der Waals surface area contributed by atoms with E-state index in [4.69, 9.17) is 10.6 Å². The zero-order chi connectivity index (χ0) is 24.2. The zero-order valence-corrected chi connectivity index (χ0v) is 18.9. The van der Waals surface area contributed by atoms with Crippen LogP contribution in [0.2, 0.25) is 0 Å². The van der Waals surface area contributed by atoms with Gasteiger partial charge in [0.15, 0.2) is 11.6 Å². The number of rotatable bonds is 6. The van der Waals surface area contributed by atoms with Crippen molar-refractivity contribution in [3.8, 4) is 0 Å². The number of hydroxylamine groups is 2. The van der Waals surface area contributed by atoms with E-state index < -0.39 is 29.7 Å². The number of nitrogens with two attached hydrogens (primary N) is 1. The highest BCUT2D eigenvalue weighted by molar-refractivity contribution is 6.01. The lowest BCUT2D eigenvalue weighted by Gasteiger charge is -2.39. The number of hydrogen-bond acceptors (Lipinski definition) is 8. The van der Waals surface area contributed by atoms with E-state index in [0.29, 0.717) is 45.2 Å². The normalized spacial score (nSPS) is 23.0. The van der Waals surface area contributed by atoms with Crippen molar-refractivity contribution < 1.29 is 28.0 Å². The smallest absolute Gasteiger partial charge is 0.373 e. The van der Waals surface area contributed by atoms with Gasteiger partial charge in [0.1, 0.15) is 11.7 Å². The Balaban J connectivity index is 1.28. The van der Waals surface area contributed by atoms with E-state index in [0.717, 1.165) is 19.4 Å². The molecule has 4 rings (SSSR count). The summed E-state index contributed by atoms with van der Waals surface area (Å²) >= 11 is 0. The van der Waals surface area contributed by atoms with Gasteiger partial charge in [-0.25, -0.2) is 13.6 Å². The number of nitrogens with one attached hydrogen (secondary N) is 2. The van der Waals surface area contributed by atoms with E-state index in [1.807, 2.05) is 0 Å². The first-order chi connectivity index (χ1) is 16.3. The number of halogens is 2. The van der Waals surface area contributed by atoms with Gasteiger partial charge in [0.2, 0.25) is 11.8 Å². The molecule has 34 heavy (non-hydrogen) atoms. The van der Waals surface area contributed by atoms with Crippen molar-refractivity contribution in [1.82, 2.24) is 15.3 Å². The Morgan fingerprint density at radius 2 is 1.71 bits per heavy atom. The SMILES string of the molecule is NC(=O)ON1CCC(CN2CCN(c3c(F)cc(NC4CCC(=O)NC4=O)cc3F)CC2)CC1. The minimum atomic E-state index is -0.797. The van der Waals surface area contributed by atoms with Gasteiger partial charge in [-0.3, -0.25) is 19.8 Å². The molecule has 10 nitrogen and oxygen atoms in total. The number of primary amides is 1. The lowest BCUT2D eigenvalue weighted by molar-refractivity contribution is -0.133. The van der Waals surface area contributed by atoms with Crippen LogP contribution >= 0.6 is 0 Å². The molecule has 1 aromatic rings. The third-order valence-electron chi connectivity index (χ3n) is 6.59. The first-order valence-electron chi connectivity index (χ1n) is 11.6. The largest absolute Gasteiger partial charge is 0.423 e. The van der Waals surface area contributed by atoms with Crippen LogP contribution in [0, 0.1) is 17.6 Å². The van der Waals surface area contributed by atoms with Gasteiger partial charge in [0, 0.05) is 57.9 Å². The molecule has 1 aromatic carbocycles. The summed E-state index contributed by atoms with van der Waals surface area (Å²) in [6.07, 6.45) is 1.43. The number of anilines is 2. The maximum absolute atomic E-state index is 14.9. The minimum absolute atomic E-state index is 0.0645. The van der Waals surface area contributed by atoms with Crippen molar-refractivity contribution in [2.45, 2.75) is 31.7 Å². The molecule has 0 saturated carbocycles. The lowest BCUT2D eigenvalue weighted by Crippen LogP contribution is -2.49. The molecule has 3 amide bonds. The number of benzene rings is 1. The minimum Gasteiger partial charge on any atom is -0.373 e. The number of carbonyl (C=O) groups excluding carboxylic acids is 3. The van der Waals surface area contributed by atoms with Crippen LogP contribution in [0.1, 0.15) is 25.7 Å². The van der Waals surface area contributed by atoms with Crippen LogP contribution in [0.25, 0.3) is 0 Å². The summed E-state index contributed by atoms with van der Waals surface area (Å²) in [6.45, 7) is 4.54. The Morgan fingerprint density at radius 3 is 2.29 bits per heavy atom. The van der Waals surface area contributed by atoms with Crippen molar-refractivity contribution >= 4 is 29.3 Å². The monoisotopic (exact) mass is 480 g/mol. The summed E-state index contributed by atoms with van der Waals surface area (Å²) in [5.74, 6) is -1.76. The van der Waals surface area contributed by atoms with Gasteiger partial charge in [-0.05, 0) is 37.3 Å². The van der Waals surface area contributed by atoms with E-state index in [-0.39, 0.29) is 30.1 Å². The van der Waals surface area contributed by atoms with Crippen molar-refractivity contribution in [2.24, 2.45) is 11.7 Å². The van der Waals surface area contributed by atoms with Gasteiger partial charge in [0.25, 0.3) is 0 Å². The van der Waals surface area contributed by atoms with E-state index in [1.165, 1.54) is 12.1 Å². The molecule has 0 bridgehead atoms. The second-order valence-corrected chi connectivity index (χ2v) is 9.01. The summed E-state index contributed by atoms with van der Waals surface area (Å²) in [6, 6.07) is 1.67. The first kappa shape index (κ1) is 24.1. The van der Waals surface area contributed by atoms with E-state index in [1.54, 1.807) is 9.96 Å². The third-order valence-corrected chi connectivity index (χ3v) is 6.59. The molecule has 186 valence electrons. The van der Waals surface area contributed by atoms with Crippen LogP contribution < -0.4 is 21.3 Å². The second kappa shape index (κ2) is 10.5. The van der Waals surface area contributed by atoms with Gasteiger partial charge < -0.3 is 20.8 Å². The standard InChI is InChI=1S/C22H30F2N6O4/c23-16-11-15(26-18-1-2-19(31)27-21(18)32)12-17(24)20(16)29-9-7-28(8-10-29)13-14-3-5-30(6-4-14)34-22(25)33/h11-12,14,18,26H,1-10,13H2,(H2,25,33)(H,27,31,32). The fourth-order valence-electron chi connectivity index (χ4n) is 4.81. The lowest BCUT2D eigenvalue weighted by atomic mass is 9.97. The predicted octanol–water partition coefficient (Wildman–Crippen LogP) is 1.03. The molecule has 12 heteroatoms. The summed E-state index contributed by atoms with van der Waals surface area (Å²) in [5.41, 5.74) is 5.15. The highest BCUT2D eigenvalue weighted by Crippen LogP contribution is 2.29. The van der Waals surface area contributed by atoms with Gasteiger partial charge in [-0.2, -0.15) is 0 Å². The van der Waals surface area contributed by atoms with Gasteiger partial charge in [-0.1, -0.05) is 0 Å². The molecule has 4 N–H and O–H groups in total. The molecule has 0 radical (unpaired) electrons. The number of nitrogens with zero attached hydrogens (tertiary/aromatic N) is 3. The topological polar surface area (TPSA) is 120 Å². The zero-order valence-electron chi connectivity index (χ0n) is 18.9. The number of imide groups is 1. The number of amides is 3. The molecule has 0 aromatic heterocycles. The maximum atomic E-state index is 14.9. The highest BCUT2D eigenvalue weighted by Gasteiger charge is 2.29. The second-order valence-electron chi connectivity index (χ2n) is 9.01. The Labute approximate surface area is 196 Å². The van der Waals surface area contributed by atoms with Crippen LogP contribution in [0.3, 0.4) is 0 Å². The van der Waals surface area contributed by atoms with Crippen molar-refractivity contribution in [1.29, 1.82) is 0 Å². The first-order valence-corrected chi connectivity index (χ1v) is 11.6. The summed E-state index contributed by atoms with van der Waals surface area (Å²) in [5, 5.41) is 6.62. The quantitative estimate of drug-likeness (QED) is 0.517. The van der Waals surface area contributed by atoms with Crippen LogP contribution in [0.5, 0.6) is 0 Å². The van der Waals surface area contributed by atoms with Crippen molar-refractivity contribution in [3.05, 3.63) is 23.8 Å². The number of piperazine rings is 1. The average Bonchev–Trinajstić information content (AvgIpc) is 2.77. The van der Waals surface area contributed by atoms with Crippen molar-refractivity contribution in [3.63, 3.8) is 0 Å². The fourth-order valence-corrected chi connectivity index (χ4v) is 4.81. The molecular weight excluding hydrogens is 450 g/mol. The van der Waals surface area contributed by atoms with Crippen LogP contribution in [0.15, 0.2) is 12.1 Å². The summed E-state index contributed by atoms with van der Waals surface area (Å²) in [7, 11) is 0. The molecule has 0 aliphatic carbocycles. The molecule has 3 aliphatic rings. The van der Waals surface area contributed by atoms with E-state index in [9.17, 15) is 23.2 Å². The predicted molar refractivity (Wildman–Crippen MR) is 120 cm³/mol. The van der Waals surface area contributed by atoms with Crippen LogP contribution in [0.4, 0.5) is 25.0 Å². The van der Waals surface area contributed by atoms with Crippen LogP contribution in [-0.2, 0) is 14.4 Å². The molecule has 3 fully saturated rings. The molecule has 3 aliphatic heterocycles. The maximum Gasteiger partial charge on any atom is 0.423 e. The molecule has 3 saturated heterocycles. The van der Waals surface area contributed by atoms with Crippen LogP contribution in [-0.4, -0.2) is 79.7 Å². The molecule has 0 spiro atoms. The van der Waals surface area contributed by atoms with Gasteiger partial charge >= 0.3 is 6.09 Å². The number of carbonyl (C=O) groups is 3. The van der Waals surface area contributed by atoms with E-state index >= 15 is 0 Å². The summed E-state index contributed by atoms with van der Waals surface area (Å²) < 4.78 is 29.7. The van der Waals surface area contributed by atoms with Crippen molar-refractivity contribution in [2.75, 3.05) is 56.0 Å². The Kier molecular flexibility index (Phi) is 7.47. The Morgan fingerprint density at radius 1 is 1.06 bits per heavy atom. The molecule has 1 unspecified atom stereocenters. The van der Waals surface area contributed by atoms with Gasteiger partial charge in [-0.15, -0.1) is 5.06 Å². The number of hydrogen-bond donors (Lipinski definition) is 3. The Hall–Kier alpha value is -2.99. The van der Waals surface area contributed by atoms with E-state index in [2.05, 4.69) is 15.5 Å². The summed E-state index contributed by atoms with van der Waals surface area (Å²) in [4.78, 5) is 42.9. The molecule has 1 atom stereocenters.